The molecule has 2 atom stereocenters. The van der Waals surface area contributed by atoms with Gasteiger partial charge in [-0.1, -0.05) is 35.9 Å². The van der Waals surface area contributed by atoms with E-state index in [0.29, 0.717) is 5.56 Å². The van der Waals surface area contributed by atoms with Gasteiger partial charge in [-0.05, 0) is 29.8 Å². The minimum absolute atomic E-state index is 0.128. The fraction of sp³-hybridized carbons (Fsp3) is 0.364. The molecule has 2 fully saturated rings. The summed E-state index contributed by atoms with van der Waals surface area (Å²) in [4.78, 5) is 31.8. The zero-order valence-electron chi connectivity index (χ0n) is 17.3. The molecule has 33 heavy (non-hydrogen) atoms. The molecule has 0 radical (unpaired) electrons. The Labute approximate surface area is 192 Å². The molecule has 2 aromatic rings. The third-order valence-electron chi connectivity index (χ3n) is 5.40. The third kappa shape index (κ3) is 5.47. The average molecular weight is 484 g/mol. The molecule has 2 aromatic carbocycles. The van der Waals surface area contributed by atoms with Gasteiger partial charge in [-0.2, -0.15) is 5.06 Å². The lowest BCUT2D eigenvalue weighted by atomic mass is 9.88. The Morgan fingerprint density at radius 1 is 1.15 bits per heavy atom. The van der Waals surface area contributed by atoms with Gasteiger partial charge in [-0.3, -0.25) is 14.4 Å². The number of anilines is 1. The van der Waals surface area contributed by atoms with Crippen LogP contribution in [0.15, 0.2) is 48.5 Å². The normalized spacial score (nSPS) is 21.6. The number of amides is 2. The minimum atomic E-state index is -2.82. The highest BCUT2D eigenvalue weighted by Crippen LogP contribution is 2.38. The summed E-state index contributed by atoms with van der Waals surface area (Å²) >= 11 is 6.33. The van der Waals surface area contributed by atoms with E-state index in [-0.39, 0.29) is 24.1 Å². The van der Waals surface area contributed by atoms with E-state index >= 15 is 0 Å². The molecule has 2 amide bonds. The number of hydrogen-bond donors (Lipinski definition) is 2. The lowest BCUT2D eigenvalue weighted by Gasteiger charge is -2.40. The van der Waals surface area contributed by atoms with E-state index in [1.165, 1.54) is 18.2 Å². The SMILES string of the molecule is O=C(Nc1cccc(F)c1)C1COCON1[C@H](C(=O)NC1CC(F)(F)C1)c1ccccc1Cl. The molecule has 176 valence electrons. The van der Waals surface area contributed by atoms with Crippen LogP contribution >= 0.6 is 11.6 Å². The van der Waals surface area contributed by atoms with Crippen molar-refractivity contribution < 1.29 is 32.3 Å². The fourth-order valence-electron chi connectivity index (χ4n) is 3.79. The molecule has 1 saturated heterocycles. The number of nitrogens with one attached hydrogen (secondary N) is 2. The summed E-state index contributed by atoms with van der Waals surface area (Å²) in [6, 6.07) is 8.74. The van der Waals surface area contributed by atoms with E-state index in [2.05, 4.69) is 10.6 Å². The first-order valence-electron chi connectivity index (χ1n) is 10.2. The second-order valence-electron chi connectivity index (χ2n) is 7.89. The van der Waals surface area contributed by atoms with E-state index in [1.807, 2.05) is 0 Å². The van der Waals surface area contributed by atoms with Gasteiger partial charge in [0, 0.05) is 29.6 Å². The van der Waals surface area contributed by atoms with Crippen LogP contribution in [0, 0.1) is 5.82 Å². The van der Waals surface area contributed by atoms with E-state index in [4.69, 9.17) is 21.2 Å². The first kappa shape index (κ1) is 23.5. The van der Waals surface area contributed by atoms with Crippen molar-refractivity contribution in [2.45, 2.75) is 36.9 Å². The summed E-state index contributed by atoms with van der Waals surface area (Å²) in [7, 11) is 0. The second-order valence-corrected chi connectivity index (χ2v) is 8.29. The molecule has 1 heterocycles. The number of alkyl halides is 2. The van der Waals surface area contributed by atoms with E-state index < -0.39 is 54.5 Å². The van der Waals surface area contributed by atoms with Gasteiger partial charge in [0.05, 0.1) is 6.61 Å². The summed E-state index contributed by atoms with van der Waals surface area (Å²) in [5, 5.41) is 6.54. The van der Waals surface area contributed by atoms with Crippen LogP contribution in [-0.2, 0) is 19.2 Å². The number of halogens is 4. The Kier molecular flexibility index (Phi) is 6.89. The van der Waals surface area contributed by atoms with Crippen LogP contribution in [-0.4, -0.2) is 48.3 Å². The van der Waals surface area contributed by atoms with Crippen LogP contribution in [0.2, 0.25) is 5.02 Å². The van der Waals surface area contributed by atoms with Crippen molar-refractivity contribution >= 4 is 29.1 Å². The van der Waals surface area contributed by atoms with Crippen molar-refractivity contribution in [2.75, 3.05) is 18.7 Å². The number of carbonyl (C=O) groups excluding carboxylic acids is 2. The molecule has 0 spiro atoms. The summed E-state index contributed by atoms with van der Waals surface area (Å²) in [5.74, 6) is -4.61. The van der Waals surface area contributed by atoms with Crippen LogP contribution < -0.4 is 10.6 Å². The predicted octanol–water partition coefficient (Wildman–Crippen LogP) is 3.66. The van der Waals surface area contributed by atoms with Gasteiger partial charge in [0.15, 0.2) is 6.79 Å². The van der Waals surface area contributed by atoms with Gasteiger partial charge < -0.3 is 15.4 Å². The molecule has 4 rings (SSSR count). The molecule has 2 aliphatic rings. The Hall–Kier alpha value is -2.66. The van der Waals surface area contributed by atoms with Crippen LogP contribution in [0.3, 0.4) is 0 Å². The van der Waals surface area contributed by atoms with Crippen molar-refractivity contribution in [1.29, 1.82) is 0 Å². The van der Waals surface area contributed by atoms with Crippen molar-refractivity contribution in [2.24, 2.45) is 0 Å². The molecule has 1 aliphatic carbocycles. The smallest absolute Gasteiger partial charge is 0.252 e. The molecule has 1 aliphatic heterocycles. The first-order chi connectivity index (χ1) is 15.7. The molecule has 0 bridgehead atoms. The number of ether oxygens (including phenoxy) is 1. The lowest BCUT2D eigenvalue weighted by molar-refractivity contribution is -0.300. The monoisotopic (exact) mass is 483 g/mol. The Morgan fingerprint density at radius 2 is 1.91 bits per heavy atom. The summed E-state index contributed by atoms with van der Waals surface area (Å²) < 4.78 is 45.4. The molecule has 2 N–H and O–H groups in total. The van der Waals surface area contributed by atoms with Gasteiger partial charge in [-0.25, -0.2) is 13.2 Å². The quantitative estimate of drug-likeness (QED) is 0.655. The zero-order chi connectivity index (χ0) is 23.6. The van der Waals surface area contributed by atoms with Crippen LogP contribution in [0.1, 0.15) is 24.4 Å². The van der Waals surface area contributed by atoms with Crippen molar-refractivity contribution in [3.63, 3.8) is 0 Å². The van der Waals surface area contributed by atoms with E-state index in [0.717, 1.165) is 11.1 Å². The van der Waals surface area contributed by atoms with Gasteiger partial charge >= 0.3 is 0 Å². The summed E-state index contributed by atoms with van der Waals surface area (Å²) in [5.41, 5.74) is 0.536. The topological polar surface area (TPSA) is 79.9 Å². The Balaban J connectivity index is 1.60. The van der Waals surface area contributed by atoms with E-state index in [1.54, 1.807) is 24.3 Å². The van der Waals surface area contributed by atoms with Crippen molar-refractivity contribution in [1.82, 2.24) is 10.4 Å². The molecular formula is C22H21ClF3N3O4. The first-order valence-corrected chi connectivity index (χ1v) is 10.6. The number of hydrogen-bond acceptors (Lipinski definition) is 5. The standard InChI is InChI=1S/C22H21ClF3N3O4/c23-17-7-2-1-6-16(17)19(21(31)28-15-9-22(25,26)10-15)29-18(11-32-12-33-29)20(30)27-14-5-3-4-13(24)8-14/h1-8,15,18-19H,9-12H2,(H,27,30)(H,28,31)/t18?,19-/m0/s1. The van der Waals surface area contributed by atoms with Crippen LogP contribution in [0.5, 0.6) is 0 Å². The van der Waals surface area contributed by atoms with Gasteiger partial charge in [0.1, 0.15) is 17.9 Å². The lowest BCUT2D eigenvalue weighted by Crippen LogP contribution is -2.57. The Bertz CT molecular complexity index is 1030. The number of rotatable bonds is 6. The molecule has 0 aromatic heterocycles. The van der Waals surface area contributed by atoms with Gasteiger partial charge in [-0.15, -0.1) is 0 Å². The van der Waals surface area contributed by atoms with Crippen molar-refractivity contribution in [3.8, 4) is 0 Å². The third-order valence-corrected chi connectivity index (χ3v) is 5.75. The highest BCUT2D eigenvalue weighted by molar-refractivity contribution is 6.31. The average Bonchev–Trinajstić information content (AvgIpc) is 2.74. The van der Waals surface area contributed by atoms with Gasteiger partial charge in [0.25, 0.3) is 5.92 Å². The largest absolute Gasteiger partial charge is 0.351 e. The maximum Gasteiger partial charge on any atom is 0.252 e. The fourth-order valence-corrected chi connectivity index (χ4v) is 4.03. The Morgan fingerprint density at radius 3 is 2.61 bits per heavy atom. The summed E-state index contributed by atoms with van der Waals surface area (Å²) in [6.07, 6.45) is -0.942. The molecule has 11 heteroatoms. The molecule has 1 saturated carbocycles. The van der Waals surface area contributed by atoms with Crippen LogP contribution in [0.25, 0.3) is 0 Å². The number of benzene rings is 2. The molecule has 7 nitrogen and oxygen atoms in total. The van der Waals surface area contributed by atoms with E-state index in [9.17, 15) is 22.8 Å². The van der Waals surface area contributed by atoms with Crippen molar-refractivity contribution in [3.05, 3.63) is 64.9 Å². The maximum absolute atomic E-state index is 13.5. The highest BCUT2D eigenvalue weighted by Gasteiger charge is 2.48. The molecular weight excluding hydrogens is 463 g/mol. The summed E-state index contributed by atoms with van der Waals surface area (Å²) in [6.45, 7) is -0.365. The number of nitrogens with zero attached hydrogens (tertiary/aromatic N) is 1. The second kappa shape index (κ2) is 9.68. The maximum atomic E-state index is 13.5. The van der Waals surface area contributed by atoms with Crippen LogP contribution in [0.4, 0.5) is 18.9 Å². The molecule has 1 unspecified atom stereocenters. The van der Waals surface area contributed by atoms with Gasteiger partial charge in [0.2, 0.25) is 11.8 Å². The highest BCUT2D eigenvalue weighted by atomic mass is 35.5. The number of carbonyl (C=O) groups is 2. The number of hydroxylamine groups is 2. The minimum Gasteiger partial charge on any atom is -0.351 e. The predicted molar refractivity (Wildman–Crippen MR) is 113 cm³/mol. The zero-order valence-corrected chi connectivity index (χ0v) is 18.0.